The van der Waals surface area contributed by atoms with Crippen LogP contribution in [0.2, 0.25) is 0 Å². The average molecular weight is 264 g/mol. The summed E-state index contributed by atoms with van der Waals surface area (Å²) >= 11 is 0. The van der Waals surface area contributed by atoms with Crippen LogP contribution in [0.25, 0.3) is 0 Å². The Morgan fingerprint density at radius 2 is 1.95 bits per heavy atom. The summed E-state index contributed by atoms with van der Waals surface area (Å²) in [6.45, 7) is 7.04. The van der Waals surface area contributed by atoms with Crippen LogP contribution in [0.1, 0.15) is 38.7 Å². The van der Waals surface area contributed by atoms with Gasteiger partial charge in [-0.1, -0.05) is 25.1 Å². The van der Waals surface area contributed by atoms with E-state index in [0.29, 0.717) is 12.6 Å². The van der Waals surface area contributed by atoms with Crippen LogP contribution in [0.4, 0.5) is 4.39 Å². The van der Waals surface area contributed by atoms with Crippen molar-refractivity contribution >= 4 is 0 Å². The molecule has 1 aromatic carbocycles. The zero-order valence-electron chi connectivity index (χ0n) is 12.0. The Morgan fingerprint density at radius 1 is 1.32 bits per heavy atom. The van der Waals surface area contributed by atoms with Crippen LogP contribution in [0.3, 0.4) is 0 Å². The SMILES string of the molecule is CCC(C)N1CCC(CN)(c2ccccc2F)CC1. The average Bonchev–Trinajstić information content (AvgIpc) is 2.47. The molecule has 0 saturated carbocycles. The van der Waals surface area contributed by atoms with Crippen molar-refractivity contribution in [2.75, 3.05) is 19.6 Å². The molecule has 1 heterocycles. The monoisotopic (exact) mass is 264 g/mol. The fourth-order valence-electron chi connectivity index (χ4n) is 3.13. The van der Waals surface area contributed by atoms with Gasteiger partial charge in [0.1, 0.15) is 5.82 Å². The third kappa shape index (κ3) is 2.82. The first kappa shape index (κ1) is 14.5. The summed E-state index contributed by atoms with van der Waals surface area (Å²) in [5.41, 5.74) is 6.64. The highest BCUT2D eigenvalue weighted by Crippen LogP contribution is 2.36. The zero-order valence-corrected chi connectivity index (χ0v) is 12.0. The van der Waals surface area contributed by atoms with Gasteiger partial charge >= 0.3 is 0 Å². The van der Waals surface area contributed by atoms with Crippen molar-refractivity contribution in [3.8, 4) is 0 Å². The van der Waals surface area contributed by atoms with Crippen LogP contribution in [0.5, 0.6) is 0 Å². The second kappa shape index (κ2) is 6.02. The minimum atomic E-state index is -0.171. The first-order valence-electron chi connectivity index (χ1n) is 7.32. The van der Waals surface area contributed by atoms with Gasteiger partial charge in [-0.05, 0) is 50.9 Å². The predicted octanol–water partition coefficient (Wildman–Crippen LogP) is 2.92. The lowest BCUT2D eigenvalue weighted by atomic mass is 9.72. The van der Waals surface area contributed by atoms with Crippen LogP contribution < -0.4 is 5.73 Å². The molecule has 1 unspecified atom stereocenters. The van der Waals surface area contributed by atoms with E-state index in [1.54, 1.807) is 12.1 Å². The fraction of sp³-hybridized carbons (Fsp3) is 0.625. The molecule has 106 valence electrons. The van der Waals surface area contributed by atoms with E-state index in [0.717, 1.165) is 37.9 Å². The third-order valence-corrected chi connectivity index (χ3v) is 4.81. The van der Waals surface area contributed by atoms with Crippen molar-refractivity contribution in [3.63, 3.8) is 0 Å². The van der Waals surface area contributed by atoms with Crippen LogP contribution in [-0.2, 0) is 5.41 Å². The van der Waals surface area contributed by atoms with Gasteiger partial charge in [-0.15, -0.1) is 0 Å². The normalized spacial score (nSPS) is 21.3. The molecular weight excluding hydrogens is 239 g/mol. The molecule has 1 aromatic rings. The Balaban J connectivity index is 2.17. The molecule has 0 amide bonds. The minimum Gasteiger partial charge on any atom is -0.330 e. The molecule has 3 heteroatoms. The summed E-state index contributed by atoms with van der Waals surface area (Å²) in [5.74, 6) is -0.107. The molecule has 0 aromatic heterocycles. The van der Waals surface area contributed by atoms with Gasteiger partial charge in [0.15, 0.2) is 0 Å². The number of nitrogens with two attached hydrogens (primary N) is 1. The van der Waals surface area contributed by atoms with Crippen molar-refractivity contribution < 1.29 is 4.39 Å². The molecular formula is C16H25FN2. The van der Waals surface area contributed by atoms with Gasteiger partial charge in [-0.2, -0.15) is 0 Å². The summed E-state index contributed by atoms with van der Waals surface area (Å²) in [6.07, 6.45) is 3.07. The number of rotatable bonds is 4. The van der Waals surface area contributed by atoms with E-state index >= 15 is 0 Å². The van der Waals surface area contributed by atoms with Gasteiger partial charge in [-0.25, -0.2) is 4.39 Å². The van der Waals surface area contributed by atoms with Crippen LogP contribution in [-0.4, -0.2) is 30.6 Å². The Hall–Kier alpha value is -0.930. The highest BCUT2D eigenvalue weighted by Gasteiger charge is 2.37. The topological polar surface area (TPSA) is 29.3 Å². The second-order valence-electron chi connectivity index (χ2n) is 5.76. The Morgan fingerprint density at radius 3 is 2.47 bits per heavy atom. The minimum absolute atomic E-state index is 0.107. The first-order valence-corrected chi connectivity index (χ1v) is 7.32. The van der Waals surface area contributed by atoms with Crippen molar-refractivity contribution in [2.24, 2.45) is 5.73 Å². The maximum absolute atomic E-state index is 14.1. The highest BCUT2D eigenvalue weighted by molar-refractivity contribution is 5.28. The fourth-order valence-corrected chi connectivity index (χ4v) is 3.13. The van der Waals surface area contributed by atoms with Gasteiger partial charge in [0.25, 0.3) is 0 Å². The van der Waals surface area contributed by atoms with Gasteiger partial charge in [-0.3, -0.25) is 0 Å². The Bertz CT molecular complexity index is 411. The predicted molar refractivity (Wildman–Crippen MR) is 77.7 cm³/mol. The molecule has 1 fully saturated rings. The molecule has 1 saturated heterocycles. The number of nitrogens with zero attached hydrogens (tertiary/aromatic N) is 1. The number of benzene rings is 1. The van der Waals surface area contributed by atoms with E-state index in [2.05, 4.69) is 18.7 Å². The number of likely N-dealkylation sites (tertiary alicyclic amines) is 1. The van der Waals surface area contributed by atoms with Crippen molar-refractivity contribution in [1.29, 1.82) is 0 Å². The molecule has 1 aliphatic rings. The lowest BCUT2D eigenvalue weighted by Crippen LogP contribution is -2.49. The van der Waals surface area contributed by atoms with Crippen LogP contribution in [0, 0.1) is 5.82 Å². The molecule has 2 N–H and O–H groups in total. The molecule has 19 heavy (non-hydrogen) atoms. The third-order valence-electron chi connectivity index (χ3n) is 4.81. The Kier molecular flexibility index (Phi) is 4.58. The van der Waals surface area contributed by atoms with Crippen molar-refractivity contribution in [1.82, 2.24) is 4.90 Å². The standard InChI is InChI=1S/C16H25FN2/c1-3-13(2)19-10-8-16(12-18,9-11-19)14-6-4-5-7-15(14)17/h4-7,13H,3,8-12,18H2,1-2H3. The van der Waals surface area contributed by atoms with E-state index in [9.17, 15) is 4.39 Å². The summed E-state index contributed by atoms with van der Waals surface area (Å²) in [7, 11) is 0. The maximum Gasteiger partial charge on any atom is 0.127 e. The molecule has 2 rings (SSSR count). The van der Waals surface area contributed by atoms with E-state index in [4.69, 9.17) is 5.73 Å². The highest BCUT2D eigenvalue weighted by atomic mass is 19.1. The first-order chi connectivity index (χ1) is 9.13. The van der Waals surface area contributed by atoms with Gasteiger partial charge in [0.2, 0.25) is 0 Å². The van der Waals surface area contributed by atoms with E-state index < -0.39 is 0 Å². The quantitative estimate of drug-likeness (QED) is 0.906. The van der Waals surface area contributed by atoms with Gasteiger partial charge in [0.05, 0.1) is 0 Å². The Labute approximate surface area is 115 Å². The lowest BCUT2D eigenvalue weighted by molar-refractivity contribution is 0.120. The van der Waals surface area contributed by atoms with E-state index in [1.165, 1.54) is 0 Å². The number of hydrogen-bond acceptors (Lipinski definition) is 2. The molecule has 2 nitrogen and oxygen atoms in total. The molecule has 0 aliphatic carbocycles. The summed E-state index contributed by atoms with van der Waals surface area (Å²) in [4.78, 5) is 2.49. The number of hydrogen-bond donors (Lipinski definition) is 1. The van der Waals surface area contributed by atoms with E-state index in [-0.39, 0.29) is 11.2 Å². The van der Waals surface area contributed by atoms with Crippen LogP contribution in [0.15, 0.2) is 24.3 Å². The molecule has 0 spiro atoms. The molecule has 0 bridgehead atoms. The van der Waals surface area contributed by atoms with Gasteiger partial charge in [0, 0.05) is 18.0 Å². The molecule has 0 radical (unpaired) electrons. The lowest BCUT2D eigenvalue weighted by Gasteiger charge is -2.43. The number of halogens is 1. The van der Waals surface area contributed by atoms with Crippen molar-refractivity contribution in [2.45, 2.75) is 44.6 Å². The van der Waals surface area contributed by atoms with Gasteiger partial charge < -0.3 is 10.6 Å². The van der Waals surface area contributed by atoms with Crippen LogP contribution >= 0.6 is 0 Å². The summed E-state index contributed by atoms with van der Waals surface area (Å²) in [6, 6.07) is 7.72. The van der Waals surface area contributed by atoms with E-state index in [1.807, 2.05) is 12.1 Å². The number of piperidine rings is 1. The summed E-state index contributed by atoms with van der Waals surface area (Å²) in [5, 5.41) is 0. The second-order valence-corrected chi connectivity index (χ2v) is 5.76. The largest absolute Gasteiger partial charge is 0.330 e. The smallest absolute Gasteiger partial charge is 0.127 e. The summed E-state index contributed by atoms with van der Waals surface area (Å²) < 4.78 is 14.1. The molecule has 1 aliphatic heterocycles. The maximum atomic E-state index is 14.1. The zero-order chi connectivity index (χ0) is 13.9. The molecule has 1 atom stereocenters. The van der Waals surface area contributed by atoms with Crippen molar-refractivity contribution in [3.05, 3.63) is 35.6 Å².